The molecule has 5 aromatic rings. The Morgan fingerprint density at radius 3 is 2.44 bits per heavy atom. The van der Waals surface area contributed by atoms with Crippen LogP contribution in [0.4, 0.5) is 26.4 Å². The molecule has 1 aliphatic heterocycles. The van der Waals surface area contributed by atoms with Gasteiger partial charge >= 0.3 is 6.03 Å². The molecule has 0 radical (unpaired) electrons. The number of morpholine rings is 1. The number of hydrogen-bond donors (Lipinski definition) is 3. The van der Waals surface area contributed by atoms with Crippen LogP contribution >= 0.6 is 0 Å². The van der Waals surface area contributed by atoms with Crippen molar-refractivity contribution in [2.24, 2.45) is 0 Å². The number of aliphatic hydroxyl groups is 1. The molecule has 3 aromatic heterocycles. The summed E-state index contributed by atoms with van der Waals surface area (Å²) in [5.74, 6) is 0.993. The van der Waals surface area contributed by atoms with Crippen molar-refractivity contribution in [3.8, 4) is 22.7 Å². The molecule has 0 unspecified atom stereocenters. The number of ether oxygens (including phenoxy) is 1. The highest BCUT2D eigenvalue weighted by Gasteiger charge is 2.21. The molecule has 12 nitrogen and oxygen atoms in total. The largest absolute Gasteiger partial charge is 0.459 e. The summed E-state index contributed by atoms with van der Waals surface area (Å²) in [7, 11) is 3.31. The summed E-state index contributed by atoms with van der Waals surface area (Å²) in [5, 5.41) is 14.5. The zero-order valence-electron chi connectivity index (χ0n) is 24.6. The Balaban J connectivity index is 1.26. The number of anilines is 3. The van der Waals surface area contributed by atoms with E-state index in [1.165, 1.54) is 17.0 Å². The van der Waals surface area contributed by atoms with E-state index < -0.39 is 11.8 Å². The zero-order chi connectivity index (χ0) is 31.5. The highest BCUT2D eigenvalue weighted by Crippen LogP contribution is 2.31. The van der Waals surface area contributed by atoms with E-state index in [4.69, 9.17) is 19.1 Å². The topological polar surface area (TPSA) is 146 Å². The smallest absolute Gasteiger partial charge is 0.323 e. The van der Waals surface area contributed by atoms with Crippen molar-refractivity contribution in [2.45, 2.75) is 6.61 Å². The summed E-state index contributed by atoms with van der Waals surface area (Å²) >= 11 is 0. The number of benzene rings is 2. The van der Waals surface area contributed by atoms with Gasteiger partial charge < -0.3 is 34.7 Å². The number of nitrogens with one attached hydrogen (secondary N) is 2. The monoisotopic (exact) mass is 611 g/mol. The first kappa shape index (κ1) is 29.7. The first-order valence-electron chi connectivity index (χ1n) is 14.2. The van der Waals surface area contributed by atoms with E-state index in [2.05, 4.69) is 20.5 Å². The lowest BCUT2D eigenvalue weighted by molar-refractivity contribution is 0.0827. The summed E-state index contributed by atoms with van der Waals surface area (Å²) in [6, 6.07) is 15.3. The highest BCUT2D eigenvalue weighted by atomic mass is 19.1. The molecule has 0 saturated carbocycles. The number of aromatic nitrogens is 3. The van der Waals surface area contributed by atoms with Crippen LogP contribution in [0.3, 0.4) is 0 Å². The van der Waals surface area contributed by atoms with Gasteiger partial charge in [-0.05, 0) is 60.7 Å². The van der Waals surface area contributed by atoms with Gasteiger partial charge in [-0.2, -0.15) is 0 Å². The number of urea groups is 1. The predicted molar refractivity (Wildman–Crippen MR) is 166 cm³/mol. The standard InChI is InChI=1S/C32H30FN7O5/c1-39(2)31(42)19-3-6-22(7-4-19)35-32(43)37-25-9-5-20(15-24(25)33)29-36-26-16-21(27-10-8-23(18-41)45-27)17-34-28(26)30(38-29)40-11-13-44-14-12-40/h3-10,15-17,41H,11-14,18H2,1-2H3,(H2,35,37,43). The number of fused-ring (bicyclic) bond motifs is 1. The lowest BCUT2D eigenvalue weighted by Crippen LogP contribution is -2.37. The maximum atomic E-state index is 15.3. The second-order valence-corrected chi connectivity index (χ2v) is 10.5. The van der Waals surface area contributed by atoms with Gasteiger partial charge in [0.15, 0.2) is 11.6 Å². The van der Waals surface area contributed by atoms with Gasteiger partial charge in [-0.25, -0.2) is 24.1 Å². The number of nitrogens with zero attached hydrogens (tertiary/aromatic N) is 5. The van der Waals surface area contributed by atoms with Crippen LogP contribution in [0.5, 0.6) is 0 Å². The quantitative estimate of drug-likeness (QED) is 0.237. The molecule has 13 heteroatoms. The van der Waals surface area contributed by atoms with Crippen LogP contribution in [0.1, 0.15) is 16.1 Å². The summed E-state index contributed by atoms with van der Waals surface area (Å²) < 4.78 is 26.5. The molecule has 3 amide bonds. The van der Waals surface area contributed by atoms with E-state index in [0.29, 0.717) is 77.1 Å². The van der Waals surface area contributed by atoms with Crippen LogP contribution in [0.25, 0.3) is 33.7 Å². The molecule has 0 bridgehead atoms. The Bertz CT molecular complexity index is 1870. The van der Waals surface area contributed by atoms with Crippen molar-refractivity contribution in [1.29, 1.82) is 0 Å². The van der Waals surface area contributed by atoms with Crippen LogP contribution in [-0.2, 0) is 11.3 Å². The molecule has 1 saturated heterocycles. The fourth-order valence-corrected chi connectivity index (χ4v) is 4.88. The van der Waals surface area contributed by atoms with Gasteiger partial charge in [0.2, 0.25) is 0 Å². The average molecular weight is 612 g/mol. The van der Waals surface area contributed by atoms with E-state index in [0.717, 1.165) is 0 Å². The maximum absolute atomic E-state index is 15.3. The third-order valence-electron chi connectivity index (χ3n) is 7.20. The van der Waals surface area contributed by atoms with Crippen LogP contribution in [0, 0.1) is 5.82 Å². The van der Waals surface area contributed by atoms with E-state index in [9.17, 15) is 14.7 Å². The summed E-state index contributed by atoms with van der Waals surface area (Å²) in [4.78, 5) is 42.4. The first-order chi connectivity index (χ1) is 21.8. The second-order valence-electron chi connectivity index (χ2n) is 10.5. The van der Waals surface area contributed by atoms with Gasteiger partial charge in [0, 0.05) is 55.8 Å². The molecule has 45 heavy (non-hydrogen) atoms. The van der Waals surface area contributed by atoms with Gasteiger partial charge in [0.25, 0.3) is 5.91 Å². The molecule has 0 spiro atoms. The number of pyridine rings is 1. The van der Waals surface area contributed by atoms with Gasteiger partial charge in [-0.3, -0.25) is 4.79 Å². The average Bonchev–Trinajstić information content (AvgIpc) is 3.55. The van der Waals surface area contributed by atoms with Gasteiger partial charge in [0.1, 0.15) is 29.5 Å². The third-order valence-corrected chi connectivity index (χ3v) is 7.20. The molecular weight excluding hydrogens is 581 g/mol. The lowest BCUT2D eigenvalue weighted by Gasteiger charge is -2.28. The van der Waals surface area contributed by atoms with E-state index in [1.807, 2.05) is 6.07 Å². The Morgan fingerprint density at radius 2 is 1.76 bits per heavy atom. The van der Waals surface area contributed by atoms with Crippen molar-refractivity contribution in [2.75, 3.05) is 55.9 Å². The second kappa shape index (κ2) is 12.7. The number of amides is 3. The van der Waals surface area contributed by atoms with Gasteiger partial charge in [-0.1, -0.05) is 0 Å². The molecule has 1 aliphatic rings. The predicted octanol–water partition coefficient (Wildman–Crippen LogP) is 4.77. The molecule has 0 aliphatic carbocycles. The van der Waals surface area contributed by atoms with Crippen LogP contribution in [-0.4, -0.2) is 77.3 Å². The number of carbonyl (C=O) groups excluding carboxylic acids is 2. The van der Waals surface area contributed by atoms with Crippen molar-refractivity contribution in [1.82, 2.24) is 19.9 Å². The van der Waals surface area contributed by atoms with Crippen LogP contribution < -0.4 is 15.5 Å². The maximum Gasteiger partial charge on any atom is 0.323 e. The summed E-state index contributed by atoms with van der Waals surface area (Å²) in [5.41, 5.74) is 3.05. The number of carbonyl (C=O) groups is 2. The fourth-order valence-electron chi connectivity index (χ4n) is 4.88. The number of aliphatic hydroxyl groups excluding tert-OH is 1. The lowest BCUT2D eigenvalue weighted by atomic mass is 10.1. The Morgan fingerprint density at radius 1 is 0.978 bits per heavy atom. The van der Waals surface area contributed by atoms with Crippen LogP contribution in [0.2, 0.25) is 0 Å². The molecule has 6 rings (SSSR count). The number of rotatable bonds is 7. The third kappa shape index (κ3) is 6.44. The van der Waals surface area contributed by atoms with Crippen molar-refractivity contribution >= 4 is 40.2 Å². The SMILES string of the molecule is CN(C)C(=O)c1ccc(NC(=O)Nc2ccc(-c3nc(N4CCOCC4)c4ncc(-c5ccc(CO)o5)cc4n3)cc2F)cc1. The molecule has 1 fully saturated rings. The molecular formula is C32H30FN7O5. The minimum Gasteiger partial charge on any atom is -0.459 e. The Kier molecular flexibility index (Phi) is 8.36. The molecule has 230 valence electrons. The molecule has 3 N–H and O–H groups in total. The van der Waals surface area contributed by atoms with E-state index in [1.54, 1.807) is 62.8 Å². The Hall–Kier alpha value is -5.40. The van der Waals surface area contributed by atoms with Crippen LogP contribution in [0.15, 0.2) is 71.3 Å². The summed E-state index contributed by atoms with van der Waals surface area (Å²) in [6.45, 7) is 2.05. The van der Waals surface area contributed by atoms with E-state index in [-0.39, 0.29) is 24.0 Å². The van der Waals surface area contributed by atoms with E-state index >= 15 is 4.39 Å². The number of hydrogen-bond acceptors (Lipinski definition) is 9. The van der Waals surface area contributed by atoms with Crippen molar-refractivity contribution in [3.05, 3.63) is 84.0 Å². The molecule has 0 atom stereocenters. The fraction of sp³-hybridized carbons (Fsp3) is 0.219. The zero-order valence-corrected chi connectivity index (χ0v) is 24.6. The van der Waals surface area contributed by atoms with Crippen molar-refractivity contribution < 1.29 is 28.2 Å². The van der Waals surface area contributed by atoms with Gasteiger partial charge in [-0.15, -0.1) is 0 Å². The number of halogens is 1. The minimum absolute atomic E-state index is 0.0358. The number of furan rings is 1. The normalized spacial score (nSPS) is 13.1. The summed E-state index contributed by atoms with van der Waals surface area (Å²) in [6.07, 6.45) is 1.66. The molecule has 2 aromatic carbocycles. The minimum atomic E-state index is -0.676. The molecule has 4 heterocycles. The highest BCUT2D eigenvalue weighted by molar-refractivity contribution is 6.00. The van der Waals surface area contributed by atoms with Crippen molar-refractivity contribution in [3.63, 3.8) is 0 Å². The first-order valence-corrected chi connectivity index (χ1v) is 14.2. The Labute approximate surface area is 257 Å². The van der Waals surface area contributed by atoms with Gasteiger partial charge in [0.05, 0.1) is 24.4 Å².